The largest absolute Gasteiger partial charge is 0.490 e. The van der Waals surface area contributed by atoms with Gasteiger partial charge in [0.25, 0.3) is 5.56 Å². The second-order valence-corrected chi connectivity index (χ2v) is 6.53. The predicted octanol–water partition coefficient (Wildman–Crippen LogP) is 3.97. The average molecular weight is 351 g/mol. The molecule has 6 heteroatoms. The summed E-state index contributed by atoms with van der Waals surface area (Å²) in [5.74, 6) is 0.607. The number of aromatic amines is 1. The number of hydrogen-bond donors (Lipinski definition) is 1. The van der Waals surface area contributed by atoms with Crippen molar-refractivity contribution in [3.63, 3.8) is 0 Å². The van der Waals surface area contributed by atoms with E-state index >= 15 is 0 Å². The predicted molar refractivity (Wildman–Crippen MR) is 100 cm³/mol. The van der Waals surface area contributed by atoms with E-state index in [0.717, 1.165) is 10.8 Å². The normalized spacial score (nSPS) is 10.8. The van der Waals surface area contributed by atoms with Crippen LogP contribution in [0.2, 0.25) is 0 Å². The van der Waals surface area contributed by atoms with Gasteiger partial charge in [0.15, 0.2) is 5.16 Å². The van der Waals surface area contributed by atoms with Crippen LogP contribution in [-0.2, 0) is 0 Å². The Bertz CT molecular complexity index is 1030. The van der Waals surface area contributed by atoms with Gasteiger partial charge in [-0.25, -0.2) is 4.98 Å². The van der Waals surface area contributed by atoms with Crippen LogP contribution in [-0.4, -0.2) is 22.3 Å². The number of H-pyrrole nitrogens is 1. The molecule has 25 heavy (non-hydrogen) atoms. The van der Waals surface area contributed by atoms with E-state index in [2.05, 4.69) is 9.97 Å². The third-order valence-electron chi connectivity index (χ3n) is 3.69. The Balaban J connectivity index is 2.44. The van der Waals surface area contributed by atoms with Gasteiger partial charge in [-0.2, -0.15) is 5.26 Å². The van der Waals surface area contributed by atoms with Crippen LogP contribution in [0.1, 0.15) is 19.4 Å². The molecule has 0 saturated heterocycles. The number of aromatic nitrogens is 2. The molecule has 1 heterocycles. The molecule has 0 aliphatic heterocycles. The first-order valence-corrected chi connectivity index (χ1v) is 9.04. The Morgan fingerprint density at radius 2 is 2.00 bits per heavy atom. The average Bonchev–Trinajstić information content (AvgIpc) is 2.60. The molecule has 3 rings (SSSR count). The first kappa shape index (κ1) is 17.1. The van der Waals surface area contributed by atoms with E-state index in [1.54, 1.807) is 0 Å². The molecular formula is C19H17N3O2S. The third-order valence-corrected chi connectivity index (χ3v) is 4.27. The maximum atomic E-state index is 12.3. The Kier molecular flexibility index (Phi) is 4.77. The summed E-state index contributed by atoms with van der Waals surface area (Å²) in [5.41, 5.74) is 0.566. The quantitative estimate of drug-likeness (QED) is 0.568. The number of nitriles is 1. The van der Waals surface area contributed by atoms with Crippen molar-refractivity contribution in [3.8, 4) is 23.1 Å². The molecule has 0 bridgehead atoms. The smallest absolute Gasteiger partial charge is 0.270 e. The summed E-state index contributed by atoms with van der Waals surface area (Å²) in [6, 6.07) is 13.6. The fourth-order valence-corrected chi connectivity index (χ4v) is 3.06. The van der Waals surface area contributed by atoms with Gasteiger partial charge in [-0.1, -0.05) is 42.1 Å². The van der Waals surface area contributed by atoms with Gasteiger partial charge < -0.3 is 9.72 Å². The van der Waals surface area contributed by atoms with Crippen molar-refractivity contribution < 1.29 is 4.74 Å². The van der Waals surface area contributed by atoms with E-state index in [1.165, 1.54) is 11.8 Å². The highest BCUT2D eigenvalue weighted by Crippen LogP contribution is 2.37. The van der Waals surface area contributed by atoms with Crippen molar-refractivity contribution in [2.45, 2.75) is 25.1 Å². The highest BCUT2D eigenvalue weighted by molar-refractivity contribution is 7.98. The minimum Gasteiger partial charge on any atom is -0.490 e. The van der Waals surface area contributed by atoms with Gasteiger partial charge in [-0.3, -0.25) is 4.79 Å². The van der Waals surface area contributed by atoms with Crippen LogP contribution in [0.15, 0.2) is 46.3 Å². The Morgan fingerprint density at radius 3 is 2.68 bits per heavy atom. The standard InChI is InChI=1S/C19H17N3O2S/c1-11(2)24-15-9-8-12-6-4-5-7-13(12)16(15)17-14(10-20)18(23)22-19(21-17)25-3/h4-9,11H,1-3H3,(H,21,22,23). The monoisotopic (exact) mass is 351 g/mol. The van der Waals surface area contributed by atoms with E-state index in [0.29, 0.717) is 22.2 Å². The molecule has 0 radical (unpaired) electrons. The fraction of sp³-hybridized carbons (Fsp3) is 0.211. The molecule has 0 atom stereocenters. The molecule has 0 amide bonds. The number of nitrogens with one attached hydrogen (secondary N) is 1. The fourth-order valence-electron chi connectivity index (χ4n) is 2.68. The summed E-state index contributed by atoms with van der Waals surface area (Å²) in [4.78, 5) is 19.5. The zero-order valence-electron chi connectivity index (χ0n) is 14.2. The zero-order valence-corrected chi connectivity index (χ0v) is 15.0. The topological polar surface area (TPSA) is 78.8 Å². The molecule has 126 valence electrons. The number of fused-ring (bicyclic) bond motifs is 1. The number of hydrogen-bond acceptors (Lipinski definition) is 5. The molecule has 0 unspecified atom stereocenters. The Morgan fingerprint density at radius 1 is 1.24 bits per heavy atom. The molecule has 2 aromatic carbocycles. The highest BCUT2D eigenvalue weighted by Gasteiger charge is 2.20. The summed E-state index contributed by atoms with van der Waals surface area (Å²) in [7, 11) is 0. The molecule has 5 nitrogen and oxygen atoms in total. The lowest BCUT2D eigenvalue weighted by Gasteiger charge is -2.17. The summed E-state index contributed by atoms with van der Waals surface area (Å²) < 4.78 is 5.95. The van der Waals surface area contributed by atoms with Gasteiger partial charge in [0.2, 0.25) is 0 Å². The molecule has 1 N–H and O–H groups in total. The first-order chi connectivity index (χ1) is 12.0. The summed E-state index contributed by atoms with van der Waals surface area (Å²) in [5, 5.41) is 11.9. The van der Waals surface area contributed by atoms with Gasteiger partial charge in [-0.15, -0.1) is 0 Å². The van der Waals surface area contributed by atoms with Crippen molar-refractivity contribution >= 4 is 22.5 Å². The molecule has 1 aromatic heterocycles. The van der Waals surface area contributed by atoms with Gasteiger partial charge in [-0.05, 0) is 36.9 Å². The SMILES string of the molecule is CSc1nc(-c2c(OC(C)C)ccc3ccccc23)c(C#N)c(=O)[nH]1. The minimum atomic E-state index is -0.444. The molecule has 3 aromatic rings. The zero-order chi connectivity index (χ0) is 18.0. The molecular weight excluding hydrogens is 334 g/mol. The molecule has 0 spiro atoms. The van der Waals surface area contributed by atoms with E-state index in [4.69, 9.17) is 4.74 Å². The van der Waals surface area contributed by atoms with Crippen molar-refractivity contribution in [1.82, 2.24) is 9.97 Å². The van der Waals surface area contributed by atoms with Crippen molar-refractivity contribution in [1.29, 1.82) is 5.26 Å². The maximum Gasteiger partial charge on any atom is 0.270 e. The van der Waals surface area contributed by atoms with Crippen molar-refractivity contribution in [3.05, 3.63) is 52.3 Å². The van der Waals surface area contributed by atoms with E-state index in [-0.39, 0.29) is 11.7 Å². The first-order valence-electron chi connectivity index (χ1n) is 7.82. The molecule has 0 saturated carbocycles. The number of ether oxygens (including phenoxy) is 1. The van der Waals surface area contributed by atoms with E-state index in [9.17, 15) is 10.1 Å². The lowest BCUT2D eigenvalue weighted by atomic mass is 9.98. The van der Waals surface area contributed by atoms with Gasteiger partial charge in [0, 0.05) is 0 Å². The number of rotatable bonds is 4. The Labute approximate surface area is 149 Å². The van der Waals surface area contributed by atoms with Crippen LogP contribution in [0.25, 0.3) is 22.0 Å². The van der Waals surface area contributed by atoms with Crippen LogP contribution < -0.4 is 10.3 Å². The lowest BCUT2D eigenvalue weighted by Crippen LogP contribution is -2.15. The molecule has 0 aliphatic carbocycles. The van der Waals surface area contributed by atoms with Crippen LogP contribution >= 0.6 is 11.8 Å². The summed E-state index contributed by atoms with van der Waals surface area (Å²) in [6.45, 7) is 3.87. The van der Waals surface area contributed by atoms with Crippen molar-refractivity contribution in [2.75, 3.05) is 6.26 Å². The van der Waals surface area contributed by atoms with Gasteiger partial charge in [0.1, 0.15) is 23.1 Å². The van der Waals surface area contributed by atoms with Crippen LogP contribution in [0.5, 0.6) is 5.75 Å². The number of thioether (sulfide) groups is 1. The van der Waals surface area contributed by atoms with Crippen LogP contribution in [0.3, 0.4) is 0 Å². The third kappa shape index (κ3) is 3.24. The van der Waals surface area contributed by atoms with E-state index in [1.807, 2.05) is 62.6 Å². The van der Waals surface area contributed by atoms with E-state index < -0.39 is 5.56 Å². The second-order valence-electron chi connectivity index (χ2n) is 5.74. The lowest BCUT2D eigenvalue weighted by molar-refractivity contribution is 0.243. The molecule has 0 aliphatic rings. The number of benzene rings is 2. The molecule has 0 fully saturated rings. The van der Waals surface area contributed by atoms with Crippen LogP contribution in [0.4, 0.5) is 0 Å². The minimum absolute atomic E-state index is 0.0113. The van der Waals surface area contributed by atoms with Crippen LogP contribution in [0, 0.1) is 11.3 Å². The van der Waals surface area contributed by atoms with Gasteiger partial charge >= 0.3 is 0 Å². The highest BCUT2D eigenvalue weighted by atomic mass is 32.2. The summed E-state index contributed by atoms with van der Waals surface area (Å²) >= 11 is 1.32. The summed E-state index contributed by atoms with van der Waals surface area (Å²) in [6.07, 6.45) is 1.77. The number of nitrogens with zero attached hydrogens (tertiary/aromatic N) is 2. The van der Waals surface area contributed by atoms with Gasteiger partial charge in [0.05, 0.1) is 11.7 Å². The second kappa shape index (κ2) is 6.99. The van der Waals surface area contributed by atoms with Crippen molar-refractivity contribution in [2.24, 2.45) is 0 Å². The Hall–Kier alpha value is -2.78. The maximum absolute atomic E-state index is 12.3.